The maximum absolute atomic E-state index is 11.9. The number of rotatable bonds is 4. The first-order valence-corrected chi connectivity index (χ1v) is 7.81. The number of benzene rings is 1. The highest BCUT2D eigenvalue weighted by molar-refractivity contribution is 5.83. The molecule has 1 heterocycles. The monoisotopic (exact) mass is 284 g/mol. The number of aryl methyl sites for hydroxylation is 1. The van der Waals surface area contributed by atoms with Crippen molar-refractivity contribution in [2.75, 3.05) is 0 Å². The quantitative estimate of drug-likeness (QED) is 0.938. The average Bonchev–Trinajstić information content (AvgIpc) is 2.95. The smallest absolute Gasteiger partial charge is 0.310 e. The zero-order chi connectivity index (χ0) is 14.6. The molecule has 0 radical (unpaired) electrons. The van der Waals surface area contributed by atoms with Gasteiger partial charge >= 0.3 is 5.97 Å². The summed E-state index contributed by atoms with van der Waals surface area (Å²) in [4.78, 5) is 11.9. The number of hydrogen-bond donors (Lipinski definition) is 1. The van der Waals surface area contributed by atoms with Crippen LogP contribution in [0, 0.1) is 17.3 Å². The predicted molar refractivity (Wildman–Crippen MR) is 80.0 cm³/mol. The van der Waals surface area contributed by atoms with Gasteiger partial charge in [0, 0.05) is 18.4 Å². The number of carbonyl (C=O) groups is 1. The van der Waals surface area contributed by atoms with Crippen LogP contribution in [0.4, 0.5) is 0 Å². The van der Waals surface area contributed by atoms with Crippen molar-refractivity contribution in [1.82, 2.24) is 9.78 Å². The van der Waals surface area contributed by atoms with E-state index in [1.165, 1.54) is 6.42 Å². The Kier molecular flexibility index (Phi) is 2.65. The Bertz CT molecular complexity index is 709. The molecule has 1 N–H and O–H groups in total. The Balaban J connectivity index is 1.75. The van der Waals surface area contributed by atoms with Crippen LogP contribution in [0.5, 0.6) is 0 Å². The molecule has 2 saturated carbocycles. The SMILES string of the molecule is CCn1nc(CC2(C(=O)O)CC3CC3C2)c2ccccc21. The predicted octanol–water partition coefficient (Wildman–Crippen LogP) is 3.10. The Labute approximate surface area is 123 Å². The highest BCUT2D eigenvalue weighted by Gasteiger charge is 2.57. The molecule has 0 spiro atoms. The van der Waals surface area contributed by atoms with E-state index in [9.17, 15) is 9.90 Å². The molecule has 2 fully saturated rings. The maximum Gasteiger partial charge on any atom is 0.310 e. The minimum absolute atomic E-state index is 0.572. The molecule has 4 nitrogen and oxygen atoms in total. The van der Waals surface area contributed by atoms with Gasteiger partial charge in [-0.05, 0) is 44.1 Å². The van der Waals surface area contributed by atoms with E-state index in [4.69, 9.17) is 5.10 Å². The van der Waals surface area contributed by atoms with Gasteiger partial charge in [0.2, 0.25) is 0 Å². The van der Waals surface area contributed by atoms with Gasteiger partial charge in [0.1, 0.15) is 0 Å². The van der Waals surface area contributed by atoms with Crippen molar-refractivity contribution in [2.24, 2.45) is 17.3 Å². The fraction of sp³-hybridized carbons (Fsp3) is 0.529. The van der Waals surface area contributed by atoms with Gasteiger partial charge in [-0.25, -0.2) is 0 Å². The molecule has 2 aliphatic carbocycles. The minimum Gasteiger partial charge on any atom is -0.481 e. The lowest BCUT2D eigenvalue weighted by Crippen LogP contribution is -2.32. The largest absolute Gasteiger partial charge is 0.481 e. The molecule has 2 unspecified atom stereocenters. The van der Waals surface area contributed by atoms with E-state index in [1.807, 2.05) is 16.8 Å². The van der Waals surface area contributed by atoms with Crippen molar-refractivity contribution in [2.45, 2.75) is 39.2 Å². The van der Waals surface area contributed by atoms with Gasteiger partial charge in [0.25, 0.3) is 0 Å². The summed E-state index contributed by atoms with van der Waals surface area (Å²) in [5, 5.41) is 15.6. The number of carboxylic acids is 1. The summed E-state index contributed by atoms with van der Waals surface area (Å²) in [7, 11) is 0. The average molecular weight is 284 g/mol. The van der Waals surface area contributed by atoms with Crippen LogP contribution in [-0.4, -0.2) is 20.9 Å². The van der Waals surface area contributed by atoms with Gasteiger partial charge < -0.3 is 5.11 Å². The molecule has 110 valence electrons. The van der Waals surface area contributed by atoms with Gasteiger partial charge in [-0.3, -0.25) is 9.48 Å². The first-order valence-electron chi connectivity index (χ1n) is 7.81. The van der Waals surface area contributed by atoms with Crippen LogP contribution in [-0.2, 0) is 17.8 Å². The third-order valence-electron chi connectivity index (χ3n) is 5.37. The molecule has 1 aromatic heterocycles. The van der Waals surface area contributed by atoms with Crippen molar-refractivity contribution in [3.8, 4) is 0 Å². The number of hydrogen-bond acceptors (Lipinski definition) is 2. The summed E-state index contributed by atoms with van der Waals surface area (Å²) in [5.74, 6) is 0.672. The van der Waals surface area contributed by atoms with Crippen molar-refractivity contribution in [1.29, 1.82) is 0 Å². The molecule has 0 amide bonds. The molecule has 0 aliphatic heterocycles. The fourth-order valence-corrected chi connectivity index (χ4v) is 4.18. The maximum atomic E-state index is 11.9. The van der Waals surface area contributed by atoms with Crippen LogP contribution in [0.25, 0.3) is 10.9 Å². The molecule has 2 aliphatic rings. The molecule has 4 heteroatoms. The fourth-order valence-electron chi connectivity index (χ4n) is 4.18. The summed E-state index contributed by atoms with van der Waals surface area (Å²) >= 11 is 0. The van der Waals surface area contributed by atoms with E-state index >= 15 is 0 Å². The van der Waals surface area contributed by atoms with Gasteiger partial charge in [-0.1, -0.05) is 18.2 Å². The summed E-state index contributed by atoms with van der Waals surface area (Å²) in [5.41, 5.74) is 1.48. The molecule has 21 heavy (non-hydrogen) atoms. The molecule has 2 atom stereocenters. The third-order valence-corrected chi connectivity index (χ3v) is 5.37. The van der Waals surface area contributed by atoms with Crippen LogP contribution in [0.3, 0.4) is 0 Å². The Hall–Kier alpha value is -1.84. The first-order chi connectivity index (χ1) is 10.1. The number of aromatic nitrogens is 2. The van der Waals surface area contributed by atoms with Crippen molar-refractivity contribution < 1.29 is 9.90 Å². The van der Waals surface area contributed by atoms with Crippen molar-refractivity contribution in [3.05, 3.63) is 30.0 Å². The number of aliphatic carboxylic acids is 1. The number of para-hydroxylation sites is 1. The van der Waals surface area contributed by atoms with Gasteiger partial charge in [-0.2, -0.15) is 5.10 Å². The second kappa shape index (κ2) is 4.33. The lowest BCUT2D eigenvalue weighted by Gasteiger charge is -2.25. The van der Waals surface area contributed by atoms with Crippen LogP contribution >= 0.6 is 0 Å². The summed E-state index contributed by atoms with van der Waals surface area (Å²) in [6.45, 7) is 2.88. The first kappa shape index (κ1) is 12.9. The second-order valence-corrected chi connectivity index (χ2v) is 6.71. The third kappa shape index (κ3) is 1.88. The van der Waals surface area contributed by atoms with Crippen LogP contribution in [0.1, 0.15) is 31.9 Å². The Morgan fingerprint density at radius 2 is 2.10 bits per heavy atom. The zero-order valence-corrected chi connectivity index (χ0v) is 12.2. The lowest BCUT2D eigenvalue weighted by atomic mass is 9.78. The zero-order valence-electron chi connectivity index (χ0n) is 12.2. The second-order valence-electron chi connectivity index (χ2n) is 6.71. The van der Waals surface area contributed by atoms with E-state index in [0.717, 1.165) is 36.0 Å². The summed E-state index contributed by atoms with van der Waals surface area (Å²) in [6, 6.07) is 8.15. The standard InChI is InChI=1S/C17H20N2O2/c1-2-19-15-6-4-3-5-13(15)14(18-19)10-17(16(20)21)8-11-7-12(11)9-17/h3-6,11-12H,2,7-10H2,1H3,(H,20,21). The molecular formula is C17H20N2O2. The highest BCUT2D eigenvalue weighted by Crippen LogP contribution is 2.61. The van der Waals surface area contributed by atoms with E-state index < -0.39 is 11.4 Å². The summed E-state index contributed by atoms with van der Waals surface area (Å²) in [6.07, 6.45) is 3.47. The molecular weight excluding hydrogens is 264 g/mol. The van der Waals surface area contributed by atoms with Crippen LogP contribution in [0.15, 0.2) is 24.3 Å². The Morgan fingerprint density at radius 3 is 2.76 bits per heavy atom. The van der Waals surface area contributed by atoms with Gasteiger partial charge in [0.05, 0.1) is 16.6 Å². The molecule has 1 aromatic carbocycles. The topological polar surface area (TPSA) is 55.1 Å². The van der Waals surface area contributed by atoms with E-state index in [-0.39, 0.29) is 0 Å². The van der Waals surface area contributed by atoms with Gasteiger partial charge in [-0.15, -0.1) is 0 Å². The van der Waals surface area contributed by atoms with E-state index in [2.05, 4.69) is 19.1 Å². The molecule has 4 rings (SSSR count). The van der Waals surface area contributed by atoms with Crippen LogP contribution in [0.2, 0.25) is 0 Å². The lowest BCUT2D eigenvalue weighted by molar-refractivity contribution is -0.149. The van der Waals surface area contributed by atoms with Crippen molar-refractivity contribution >= 4 is 16.9 Å². The van der Waals surface area contributed by atoms with Crippen LogP contribution < -0.4 is 0 Å². The normalized spacial score (nSPS) is 30.5. The molecule has 2 aromatic rings. The summed E-state index contributed by atoms with van der Waals surface area (Å²) < 4.78 is 1.98. The minimum atomic E-state index is -0.634. The van der Waals surface area contributed by atoms with Gasteiger partial charge in [0.15, 0.2) is 0 Å². The van der Waals surface area contributed by atoms with E-state index in [0.29, 0.717) is 18.3 Å². The number of nitrogens with zero attached hydrogens (tertiary/aromatic N) is 2. The number of fused-ring (bicyclic) bond motifs is 2. The molecule has 0 bridgehead atoms. The van der Waals surface area contributed by atoms with Crippen molar-refractivity contribution in [3.63, 3.8) is 0 Å². The molecule has 0 saturated heterocycles. The number of carboxylic acid groups (broad SMARTS) is 1. The highest BCUT2D eigenvalue weighted by atomic mass is 16.4. The Morgan fingerprint density at radius 1 is 1.38 bits per heavy atom. The van der Waals surface area contributed by atoms with E-state index in [1.54, 1.807) is 0 Å².